The Morgan fingerprint density at radius 2 is 2.29 bits per heavy atom. The molecular weight excluding hydrogens is 278 g/mol. The van der Waals surface area contributed by atoms with E-state index in [9.17, 15) is 10.1 Å². The van der Waals surface area contributed by atoms with Crippen molar-refractivity contribution in [3.8, 4) is 5.88 Å². The summed E-state index contributed by atoms with van der Waals surface area (Å²) in [5.74, 6) is -0.125. The van der Waals surface area contributed by atoms with Gasteiger partial charge in [0.25, 0.3) is 5.69 Å². The minimum Gasteiger partial charge on any atom is -0.474 e. The van der Waals surface area contributed by atoms with Crippen molar-refractivity contribution in [1.29, 1.82) is 0 Å². The van der Waals surface area contributed by atoms with Crippen molar-refractivity contribution < 1.29 is 14.9 Å². The van der Waals surface area contributed by atoms with Gasteiger partial charge in [0.05, 0.1) is 10.5 Å². The number of nitro groups is 1. The maximum atomic E-state index is 10.8. The molecule has 0 bridgehead atoms. The molecule has 1 saturated heterocycles. The first-order chi connectivity index (χ1) is 10.0. The van der Waals surface area contributed by atoms with Gasteiger partial charge in [-0.1, -0.05) is 5.16 Å². The lowest BCUT2D eigenvalue weighted by Gasteiger charge is -2.29. The molecule has 0 saturated carbocycles. The quantitative estimate of drug-likeness (QED) is 0.273. The summed E-state index contributed by atoms with van der Waals surface area (Å²) in [4.78, 5) is 16.3. The number of amidine groups is 1. The molecule has 0 radical (unpaired) electrons. The Morgan fingerprint density at radius 1 is 1.62 bits per heavy atom. The first-order valence-corrected chi connectivity index (χ1v) is 6.48. The average Bonchev–Trinajstić information content (AvgIpc) is 2.49. The highest BCUT2D eigenvalue weighted by Crippen LogP contribution is 2.24. The summed E-state index contributed by atoms with van der Waals surface area (Å²) in [6.45, 7) is 1.80. The predicted molar refractivity (Wildman–Crippen MR) is 74.5 cm³/mol. The maximum Gasteiger partial charge on any atom is 0.288 e. The fourth-order valence-electron chi connectivity index (χ4n) is 2.13. The predicted octanol–water partition coefficient (Wildman–Crippen LogP) is 0.557. The SMILES string of the molecule is CN1CCC(Oc2ncc([N+](=O)[O-])cc2C(N)=NO)CC1. The van der Waals surface area contributed by atoms with E-state index < -0.39 is 4.92 Å². The zero-order valence-corrected chi connectivity index (χ0v) is 11.6. The zero-order valence-electron chi connectivity index (χ0n) is 11.6. The van der Waals surface area contributed by atoms with Crippen molar-refractivity contribution in [2.45, 2.75) is 18.9 Å². The molecule has 1 aromatic heterocycles. The van der Waals surface area contributed by atoms with Gasteiger partial charge < -0.3 is 20.6 Å². The van der Waals surface area contributed by atoms with Crippen molar-refractivity contribution in [2.75, 3.05) is 20.1 Å². The minimum absolute atomic E-state index is 0.0413. The largest absolute Gasteiger partial charge is 0.474 e. The molecule has 1 aromatic rings. The van der Waals surface area contributed by atoms with Crippen LogP contribution in [0.1, 0.15) is 18.4 Å². The number of nitrogens with two attached hydrogens (primary N) is 1. The average molecular weight is 295 g/mol. The number of piperidine rings is 1. The second kappa shape index (κ2) is 6.35. The van der Waals surface area contributed by atoms with Gasteiger partial charge in [0, 0.05) is 19.2 Å². The van der Waals surface area contributed by atoms with Gasteiger partial charge in [-0.25, -0.2) is 4.98 Å². The van der Waals surface area contributed by atoms with Crippen LogP contribution < -0.4 is 10.5 Å². The van der Waals surface area contributed by atoms with Gasteiger partial charge in [-0.05, 0) is 19.9 Å². The van der Waals surface area contributed by atoms with E-state index in [4.69, 9.17) is 15.7 Å². The number of pyridine rings is 1. The van der Waals surface area contributed by atoms with E-state index in [-0.39, 0.29) is 29.1 Å². The van der Waals surface area contributed by atoms with E-state index in [2.05, 4.69) is 15.0 Å². The monoisotopic (exact) mass is 295 g/mol. The molecule has 1 aliphatic rings. The van der Waals surface area contributed by atoms with Crippen molar-refractivity contribution in [2.24, 2.45) is 10.9 Å². The molecule has 0 aliphatic carbocycles. The number of aromatic nitrogens is 1. The van der Waals surface area contributed by atoms with Crippen molar-refractivity contribution in [3.63, 3.8) is 0 Å². The first kappa shape index (κ1) is 15.0. The highest BCUT2D eigenvalue weighted by Gasteiger charge is 2.22. The van der Waals surface area contributed by atoms with E-state index in [0.717, 1.165) is 32.1 Å². The number of hydrogen-bond acceptors (Lipinski definition) is 7. The molecule has 0 unspecified atom stereocenters. The highest BCUT2D eigenvalue weighted by molar-refractivity contribution is 5.99. The van der Waals surface area contributed by atoms with Crippen LogP contribution in [0, 0.1) is 10.1 Å². The Balaban J connectivity index is 2.23. The fraction of sp³-hybridized carbons (Fsp3) is 0.500. The lowest BCUT2D eigenvalue weighted by Crippen LogP contribution is -2.36. The molecule has 0 spiro atoms. The zero-order chi connectivity index (χ0) is 15.4. The van der Waals surface area contributed by atoms with E-state index in [1.807, 2.05) is 7.05 Å². The molecule has 2 heterocycles. The molecule has 3 N–H and O–H groups in total. The Morgan fingerprint density at radius 3 is 2.86 bits per heavy atom. The topological polar surface area (TPSA) is 127 Å². The van der Waals surface area contributed by atoms with Crippen LogP contribution in [-0.2, 0) is 0 Å². The van der Waals surface area contributed by atoms with Gasteiger partial charge in [0.2, 0.25) is 5.88 Å². The molecule has 0 amide bonds. The number of rotatable bonds is 4. The smallest absolute Gasteiger partial charge is 0.288 e. The number of hydrogen-bond donors (Lipinski definition) is 2. The summed E-state index contributed by atoms with van der Waals surface area (Å²) in [7, 11) is 2.03. The Hall–Kier alpha value is -2.42. The van der Waals surface area contributed by atoms with Gasteiger partial charge in [-0.15, -0.1) is 0 Å². The van der Waals surface area contributed by atoms with Crippen LogP contribution in [-0.4, -0.2) is 52.1 Å². The molecule has 2 rings (SSSR count). The van der Waals surface area contributed by atoms with Crippen LogP contribution in [0.4, 0.5) is 5.69 Å². The lowest BCUT2D eigenvalue weighted by molar-refractivity contribution is -0.385. The summed E-state index contributed by atoms with van der Waals surface area (Å²) < 4.78 is 5.76. The molecule has 114 valence electrons. The third kappa shape index (κ3) is 3.57. The van der Waals surface area contributed by atoms with Crippen LogP contribution in [0.3, 0.4) is 0 Å². The molecule has 21 heavy (non-hydrogen) atoms. The molecule has 9 nitrogen and oxygen atoms in total. The van der Waals surface area contributed by atoms with E-state index in [1.165, 1.54) is 6.07 Å². The number of oxime groups is 1. The Labute approximate surface area is 121 Å². The molecule has 1 aliphatic heterocycles. The summed E-state index contributed by atoms with van der Waals surface area (Å²) in [6, 6.07) is 1.19. The Bertz CT molecular complexity index is 555. The number of ether oxygens (including phenoxy) is 1. The van der Waals surface area contributed by atoms with Gasteiger partial charge in [-0.2, -0.15) is 0 Å². The van der Waals surface area contributed by atoms with E-state index >= 15 is 0 Å². The van der Waals surface area contributed by atoms with E-state index in [1.54, 1.807) is 0 Å². The van der Waals surface area contributed by atoms with Gasteiger partial charge in [0.15, 0.2) is 5.84 Å². The van der Waals surface area contributed by atoms with Crippen molar-refractivity contribution in [1.82, 2.24) is 9.88 Å². The maximum absolute atomic E-state index is 10.8. The second-order valence-corrected chi connectivity index (χ2v) is 4.91. The van der Waals surface area contributed by atoms with E-state index in [0.29, 0.717) is 0 Å². The molecule has 0 aromatic carbocycles. The third-order valence-corrected chi connectivity index (χ3v) is 3.38. The standard InChI is InChI=1S/C12H17N5O4/c1-16-4-2-9(3-5-16)21-12-10(11(13)15-18)6-8(7-14-12)17(19)20/h6-7,9,18H,2-5H2,1H3,(H2,13,15). The van der Waals surface area contributed by atoms with Crippen LogP contribution >= 0.6 is 0 Å². The molecule has 9 heteroatoms. The first-order valence-electron chi connectivity index (χ1n) is 6.48. The minimum atomic E-state index is -0.597. The van der Waals surface area contributed by atoms with Crippen molar-refractivity contribution in [3.05, 3.63) is 27.9 Å². The third-order valence-electron chi connectivity index (χ3n) is 3.38. The lowest BCUT2D eigenvalue weighted by atomic mass is 10.1. The molecule has 0 atom stereocenters. The molecular formula is C12H17N5O4. The number of nitrogens with zero attached hydrogens (tertiary/aromatic N) is 4. The van der Waals surface area contributed by atoms with Gasteiger partial charge in [0.1, 0.15) is 12.3 Å². The van der Waals surface area contributed by atoms with Crippen LogP contribution in [0.25, 0.3) is 0 Å². The molecule has 1 fully saturated rings. The fourth-order valence-corrected chi connectivity index (χ4v) is 2.13. The highest BCUT2D eigenvalue weighted by atomic mass is 16.6. The normalized spacial score (nSPS) is 17.7. The van der Waals surface area contributed by atoms with Crippen LogP contribution in [0.15, 0.2) is 17.4 Å². The van der Waals surface area contributed by atoms with Crippen molar-refractivity contribution >= 4 is 11.5 Å². The summed E-state index contributed by atoms with van der Waals surface area (Å²) in [5.41, 5.74) is 5.41. The van der Waals surface area contributed by atoms with Gasteiger partial charge >= 0.3 is 0 Å². The summed E-state index contributed by atoms with van der Waals surface area (Å²) >= 11 is 0. The summed E-state index contributed by atoms with van der Waals surface area (Å²) in [6.07, 6.45) is 2.70. The van der Waals surface area contributed by atoms with Gasteiger partial charge in [-0.3, -0.25) is 10.1 Å². The second-order valence-electron chi connectivity index (χ2n) is 4.91. The van der Waals surface area contributed by atoms with Crippen LogP contribution in [0.5, 0.6) is 5.88 Å². The number of likely N-dealkylation sites (tertiary alicyclic amines) is 1. The Kier molecular flexibility index (Phi) is 4.53. The van der Waals surface area contributed by atoms with Crippen LogP contribution in [0.2, 0.25) is 0 Å². The summed E-state index contributed by atoms with van der Waals surface area (Å²) in [5, 5.41) is 22.4.